The highest BCUT2D eigenvalue weighted by Crippen LogP contribution is 2.23. The maximum Gasteiger partial charge on any atom is 0.281 e. The molecule has 5 nitrogen and oxygen atoms in total. The third kappa shape index (κ3) is 3.56. The first-order valence-electron chi connectivity index (χ1n) is 6.98. The molecule has 0 N–H and O–H groups in total. The number of piperidine rings is 1. The summed E-state index contributed by atoms with van der Waals surface area (Å²) in [4.78, 5) is 4.30. The Balaban J connectivity index is 2.02. The molecular formula is C14H23N3O2S. The van der Waals surface area contributed by atoms with Gasteiger partial charge in [0.1, 0.15) is 0 Å². The van der Waals surface area contributed by atoms with Gasteiger partial charge < -0.3 is 0 Å². The van der Waals surface area contributed by atoms with E-state index in [2.05, 4.69) is 11.1 Å². The minimum absolute atomic E-state index is 0.378. The molecule has 0 aliphatic carbocycles. The second-order valence-corrected chi connectivity index (χ2v) is 7.81. The largest absolute Gasteiger partial charge is 0.281 e. The van der Waals surface area contributed by atoms with Gasteiger partial charge in [-0.3, -0.25) is 4.98 Å². The van der Waals surface area contributed by atoms with E-state index >= 15 is 0 Å². The van der Waals surface area contributed by atoms with Crippen LogP contribution in [-0.2, 0) is 16.6 Å². The van der Waals surface area contributed by atoms with E-state index in [1.54, 1.807) is 18.4 Å². The van der Waals surface area contributed by atoms with Crippen molar-refractivity contribution in [2.75, 3.05) is 27.2 Å². The molecule has 112 valence electrons. The van der Waals surface area contributed by atoms with E-state index in [1.165, 1.54) is 9.87 Å². The molecule has 6 heteroatoms. The molecule has 0 saturated carbocycles. The zero-order chi connectivity index (χ0) is 14.8. The molecular weight excluding hydrogens is 274 g/mol. The molecule has 1 aliphatic rings. The quantitative estimate of drug-likeness (QED) is 0.845. The van der Waals surface area contributed by atoms with Crippen molar-refractivity contribution in [1.82, 2.24) is 13.6 Å². The van der Waals surface area contributed by atoms with Gasteiger partial charge in [-0.15, -0.1) is 0 Å². The topological polar surface area (TPSA) is 53.5 Å². The van der Waals surface area contributed by atoms with Crippen molar-refractivity contribution < 1.29 is 8.42 Å². The molecule has 1 fully saturated rings. The molecule has 0 aromatic carbocycles. The van der Waals surface area contributed by atoms with Crippen LogP contribution in [-0.4, -0.2) is 49.2 Å². The van der Waals surface area contributed by atoms with E-state index in [4.69, 9.17) is 0 Å². The fourth-order valence-corrected chi connectivity index (χ4v) is 3.81. The van der Waals surface area contributed by atoms with Crippen LogP contribution in [0, 0.1) is 12.8 Å². The summed E-state index contributed by atoms with van der Waals surface area (Å²) < 4.78 is 27.2. The molecule has 20 heavy (non-hydrogen) atoms. The molecule has 1 unspecified atom stereocenters. The summed E-state index contributed by atoms with van der Waals surface area (Å²) in [6, 6.07) is 4.09. The van der Waals surface area contributed by atoms with Crippen molar-refractivity contribution in [1.29, 1.82) is 0 Å². The zero-order valence-electron chi connectivity index (χ0n) is 12.4. The summed E-state index contributed by atoms with van der Waals surface area (Å²) in [5, 5.41) is 0. The molecule has 0 radical (unpaired) electrons. The van der Waals surface area contributed by atoms with Gasteiger partial charge in [-0.05, 0) is 43.7 Å². The van der Waals surface area contributed by atoms with E-state index in [1.807, 2.05) is 19.2 Å². The third-order valence-corrected chi connectivity index (χ3v) is 5.67. The lowest BCUT2D eigenvalue weighted by atomic mass is 9.93. The summed E-state index contributed by atoms with van der Waals surface area (Å²) in [6.45, 7) is 3.20. The van der Waals surface area contributed by atoms with Gasteiger partial charge in [-0.25, -0.2) is 0 Å². The van der Waals surface area contributed by atoms with E-state index in [0.29, 0.717) is 19.0 Å². The highest BCUT2D eigenvalue weighted by atomic mass is 32.2. The Kier molecular flexibility index (Phi) is 4.78. The molecule has 1 saturated heterocycles. The molecule has 1 aromatic rings. The van der Waals surface area contributed by atoms with Crippen molar-refractivity contribution in [3.05, 3.63) is 29.6 Å². The normalized spacial score (nSPS) is 21.3. The van der Waals surface area contributed by atoms with Crippen molar-refractivity contribution in [3.8, 4) is 0 Å². The molecule has 0 bridgehead atoms. The lowest BCUT2D eigenvalue weighted by Gasteiger charge is -2.33. The van der Waals surface area contributed by atoms with Crippen LogP contribution in [0.2, 0.25) is 0 Å². The summed E-state index contributed by atoms with van der Waals surface area (Å²) in [7, 11) is -0.109. The van der Waals surface area contributed by atoms with Crippen molar-refractivity contribution in [2.24, 2.45) is 5.92 Å². The van der Waals surface area contributed by atoms with Crippen LogP contribution in [0.3, 0.4) is 0 Å². The Morgan fingerprint density at radius 2 is 2.15 bits per heavy atom. The van der Waals surface area contributed by atoms with E-state index in [9.17, 15) is 8.42 Å². The van der Waals surface area contributed by atoms with Crippen LogP contribution in [0.1, 0.15) is 24.1 Å². The Labute approximate surface area is 121 Å². The van der Waals surface area contributed by atoms with Crippen LogP contribution >= 0.6 is 0 Å². The number of hydrogen-bond acceptors (Lipinski definition) is 3. The van der Waals surface area contributed by atoms with Crippen LogP contribution in [0.5, 0.6) is 0 Å². The molecule has 0 spiro atoms. The fourth-order valence-electron chi connectivity index (χ4n) is 2.59. The highest BCUT2D eigenvalue weighted by molar-refractivity contribution is 7.86. The molecule has 2 rings (SSSR count). The monoisotopic (exact) mass is 297 g/mol. The first-order valence-corrected chi connectivity index (χ1v) is 8.38. The van der Waals surface area contributed by atoms with Gasteiger partial charge in [0.15, 0.2) is 0 Å². The van der Waals surface area contributed by atoms with Crippen LogP contribution < -0.4 is 0 Å². The number of pyridine rings is 1. The maximum atomic E-state index is 12.2. The van der Waals surface area contributed by atoms with Crippen molar-refractivity contribution in [3.63, 3.8) is 0 Å². The average molecular weight is 297 g/mol. The number of aryl methyl sites for hydroxylation is 1. The van der Waals surface area contributed by atoms with Crippen LogP contribution in [0.4, 0.5) is 0 Å². The molecule has 1 aromatic heterocycles. The van der Waals surface area contributed by atoms with Gasteiger partial charge in [0, 0.05) is 39.1 Å². The Morgan fingerprint density at radius 3 is 2.75 bits per heavy atom. The number of hydrogen-bond donors (Lipinski definition) is 0. The minimum Gasteiger partial charge on any atom is -0.261 e. The Morgan fingerprint density at radius 1 is 1.40 bits per heavy atom. The van der Waals surface area contributed by atoms with Gasteiger partial charge in [-0.1, -0.05) is 6.07 Å². The van der Waals surface area contributed by atoms with Gasteiger partial charge in [0.2, 0.25) is 0 Å². The van der Waals surface area contributed by atoms with Crippen molar-refractivity contribution in [2.45, 2.75) is 26.2 Å². The Hall–Kier alpha value is -0.980. The molecule has 2 heterocycles. The molecule has 1 aliphatic heterocycles. The first-order chi connectivity index (χ1) is 9.39. The SMILES string of the molecule is Cc1ccc(CC2CCCN(S(=O)(=O)N(C)C)C2)cn1. The summed E-state index contributed by atoms with van der Waals surface area (Å²) in [6.07, 6.45) is 4.80. The van der Waals surface area contributed by atoms with Gasteiger partial charge in [0.05, 0.1) is 0 Å². The standard InChI is InChI=1S/C14H23N3O2S/c1-12-6-7-13(10-15-12)9-14-5-4-8-17(11-14)20(18,19)16(2)3/h6-7,10,14H,4-5,8-9,11H2,1-3H3. The lowest BCUT2D eigenvalue weighted by Crippen LogP contribution is -2.45. The van der Waals surface area contributed by atoms with Crippen molar-refractivity contribution >= 4 is 10.2 Å². The number of aromatic nitrogens is 1. The maximum absolute atomic E-state index is 12.2. The fraction of sp³-hybridized carbons (Fsp3) is 0.643. The predicted molar refractivity (Wildman–Crippen MR) is 79.6 cm³/mol. The van der Waals surface area contributed by atoms with E-state index < -0.39 is 10.2 Å². The first kappa shape index (κ1) is 15.4. The van der Waals surface area contributed by atoms with E-state index in [0.717, 1.165) is 25.0 Å². The molecule has 1 atom stereocenters. The molecule has 0 amide bonds. The summed E-state index contributed by atoms with van der Waals surface area (Å²) in [5.41, 5.74) is 2.19. The second kappa shape index (κ2) is 6.20. The smallest absolute Gasteiger partial charge is 0.261 e. The van der Waals surface area contributed by atoms with Crippen LogP contribution in [0.15, 0.2) is 18.3 Å². The lowest BCUT2D eigenvalue weighted by molar-refractivity contribution is 0.254. The number of rotatable bonds is 4. The minimum atomic E-state index is -3.28. The zero-order valence-corrected chi connectivity index (χ0v) is 13.2. The van der Waals surface area contributed by atoms with Gasteiger partial charge in [-0.2, -0.15) is 17.0 Å². The summed E-state index contributed by atoms with van der Waals surface area (Å²) in [5.74, 6) is 0.378. The number of nitrogens with zero attached hydrogens (tertiary/aromatic N) is 3. The van der Waals surface area contributed by atoms with Gasteiger partial charge in [0.25, 0.3) is 10.2 Å². The highest BCUT2D eigenvalue weighted by Gasteiger charge is 2.30. The van der Waals surface area contributed by atoms with Crippen LogP contribution in [0.25, 0.3) is 0 Å². The van der Waals surface area contributed by atoms with E-state index in [-0.39, 0.29) is 0 Å². The van der Waals surface area contributed by atoms with Gasteiger partial charge >= 0.3 is 0 Å². The second-order valence-electron chi connectivity index (χ2n) is 5.67. The Bertz CT molecular complexity index is 540. The third-order valence-electron chi connectivity index (χ3n) is 3.77. The predicted octanol–water partition coefficient (Wildman–Crippen LogP) is 1.45. The summed E-state index contributed by atoms with van der Waals surface area (Å²) >= 11 is 0. The average Bonchev–Trinajstić information content (AvgIpc) is 2.41.